The van der Waals surface area contributed by atoms with Crippen LogP contribution in [0.25, 0.3) is 10.8 Å². The van der Waals surface area contributed by atoms with Crippen molar-refractivity contribution in [3.8, 4) is 0 Å². The van der Waals surface area contributed by atoms with Crippen LogP contribution in [0.2, 0.25) is 5.02 Å². The quantitative estimate of drug-likeness (QED) is 0.616. The van der Waals surface area contributed by atoms with E-state index in [1.54, 1.807) is 11.8 Å². The van der Waals surface area contributed by atoms with Crippen molar-refractivity contribution in [1.29, 1.82) is 0 Å². The second-order valence-corrected chi connectivity index (χ2v) is 7.37. The van der Waals surface area contributed by atoms with Crippen molar-refractivity contribution in [2.24, 2.45) is 0 Å². The summed E-state index contributed by atoms with van der Waals surface area (Å²) in [5.41, 5.74) is 1.77. The predicted molar refractivity (Wildman–Crippen MR) is 102 cm³/mol. The summed E-state index contributed by atoms with van der Waals surface area (Å²) >= 11 is 8.13. The molecule has 1 aliphatic rings. The Morgan fingerprint density at radius 2 is 1.75 bits per heavy atom. The molecule has 3 aromatic rings. The van der Waals surface area contributed by atoms with Gasteiger partial charge in [0.25, 0.3) is 5.91 Å². The Morgan fingerprint density at radius 1 is 1.00 bits per heavy atom. The van der Waals surface area contributed by atoms with Crippen LogP contribution in [0.1, 0.15) is 21.3 Å². The van der Waals surface area contributed by atoms with Gasteiger partial charge in [0.1, 0.15) is 5.37 Å². The Morgan fingerprint density at radius 3 is 2.62 bits per heavy atom. The Hall–Kier alpha value is -1.97. The first kappa shape index (κ1) is 15.6. The highest BCUT2D eigenvalue weighted by atomic mass is 35.5. The van der Waals surface area contributed by atoms with E-state index in [-0.39, 0.29) is 11.3 Å². The summed E-state index contributed by atoms with van der Waals surface area (Å²) in [6, 6.07) is 21.7. The summed E-state index contributed by atoms with van der Waals surface area (Å²) in [5, 5.41) is 2.78. The molecule has 1 aliphatic heterocycles. The van der Waals surface area contributed by atoms with Crippen LogP contribution in [0.4, 0.5) is 0 Å². The van der Waals surface area contributed by atoms with Crippen molar-refractivity contribution >= 4 is 40.0 Å². The van der Waals surface area contributed by atoms with E-state index in [0.29, 0.717) is 5.02 Å². The Kier molecular flexibility index (Phi) is 4.21. The highest BCUT2D eigenvalue weighted by Gasteiger charge is 2.32. The van der Waals surface area contributed by atoms with Crippen LogP contribution in [0, 0.1) is 0 Å². The van der Waals surface area contributed by atoms with Gasteiger partial charge in [-0.2, -0.15) is 0 Å². The number of thioether (sulfide) groups is 1. The lowest BCUT2D eigenvalue weighted by atomic mass is 10.0. The van der Waals surface area contributed by atoms with Gasteiger partial charge in [-0.1, -0.05) is 66.2 Å². The van der Waals surface area contributed by atoms with Crippen molar-refractivity contribution in [2.75, 3.05) is 12.3 Å². The largest absolute Gasteiger partial charge is 0.322 e. The molecule has 1 atom stereocenters. The third-order valence-electron chi connectivity index (χ3n) is 4.34. The van der Waals surface area contributed by atoms with Gasteiger partial charge in [-0.3, -0.25) is 4.79 Å². The summed E-state index contributed by atoms with van der Waals surface area (Å²) in [6.07, 6.45) is 0. The first-order valence-electron chi connectivity index (χ1n) is 7.90. The maximum absolute atomic E-state index is 13.2. The highest BCUT2D eigenvalue weighted by Crippen LogP contribution is 2.41. The number of hydrogen-bond donors (Lipinski definition) is 0. The second-order valence-electron chi connectivity index (χ2n) is 5.77. The molecule has 1 amide bonds. The molecule has 1 fully saturated rings. The molecule has 4 heteroatoms. The van der Waals surface area contributed by atoms with Crippen LogP contribution in [0.5, 0.6) is 0 Å². The van der Waals surface area contributed by atoms with E-state index in [2.05, 4.69) is 0 Å². The average Bonchev–Trinajstić information content (AvgIpc) is 3.10. The van der Waals surface area contributed by atoms with Crippen LogP contribution in [-0.2, 0) is 0 Å². The molecule has 24 heavy (non-hydrogen) atoms. The number of amides is 1. The molecular formula is C20H16ClNOS. The lowest BCUT2D eigenvalue weighted by Crippen LogP contribution is -2.30. The number of rotatable bonds is 2. The van der Waals surface area contributed by atoms with E-state index >= 15 is 0 Å². The Labute approximate surface area is 150 Å². The molecule has 0 bridgehead atoms. The maximum atomic E-state index is 13.2. The molecule has 3 aromatic carbocycles. The second kappa shape index (κ2) is 6.50. The minimum Gasteiger partial charge on any atom is -0.322 e. The predicted octanol–water partition coefficient (Wildman–Crippen LogP) is 5.38. The molecule has 2 nitrogen and oxygen atoms in total. The smallest absolute Gasteiger partial charge is 0.255 e. The molecule has 1 saturated heterocycles. The van der Waals surface area contributed by atoms with Gasteiger partial charge in [0.15, 0.2) is 0 Å². The first-order valence-corrected chi connectivity index (χ1v) is 9.33. The maximum Gasteiger partial charge on any atom is 0.255 e. The van der Waals surface area contributed by atoms with Crippen LogP contribution in [0.3, 0.4) is 0 Å². The Bertz CT molecular complexity index is 906. The molecule has 0 aliphatic carbocycles. The van der Waals surface area contributed by atoms with Gasteiger partial charge in [-0.25, -0.2) is 0 Å². The molecule has 120 valence electrons. The minimum absolute atomic E-state index is 0.0230. The monoisotopic (exact) mass is 353 g/mol. The number of hydrogen-bond acceptors (Lipinski definition) is 2. The van der Waals surface area contributed by atoms with Crippen LogP contribution in [0.15, 0.2) is 66.7 Å². The third-order valence-corrected chi connectivity index (χ3v) is 5.93. The van der Waals surface area contributed by atoms with E-state index in [0.717, 1.165) is 34.2 Å². The fraction of sp³-hybridized carbons (Fsp3) is 0.150. The number of halogens is 1. The van der Waals surface area contributed by atoms with Crippen molar-refractivity contribution in [3.05, 3.63) is 82.9 Å². The van der Waals surface area contributed by atoms with Crippen molar-refractivity contribution in [1.82, 2.24) is 4.90 Å². The zero-order valence-corrected chi connectivity index (χ0v) is 14.6. The third kappa shape index (κ3) is 2.68. The summed E-state index contributed by atoms with van der Waals surface area (Å²) in [4.78, 5) is 15.2. The number of benzene rings is 3. The topological polar surface area (TPSA) is 20.3 Å². The van der Waals surface area contributed by atoms with Gasteiger partial charge in [0, 0.05) is 28.4 Å². The number of carbonyl (C=O) groups is 1. The highest BCUT2D eigenvalue weighted by molar-refractivity contribution is 7.99. The Balaban J connectivity index is 1.74. The molecule has 0 N–H and O–H groups in total. The van der Waals surface area contributed by atoms with Gasteiger partial charge in [-0.15, -0.1) is 11.8 Å². The normalized spacial score (nSPS) is 17.4. The zero-order chi connectivity index (χ0) is 16.5. The fourth-order valence-electron chi connectivity index (χ4n) is 3.18. The molecule has 1 heterocycles. The zero-order valence-electron chi connectivity index (χ0n) is 13.0. The standard InChI is InChI=1S/C20H16ClNOS/c21-18-11-4-3-9-17(18)20-22(12-13-24-20)19(23)16-10-5-7-14-6-1-2-8-15(14)16/h1-11,20H,12-13H2. The molecular weight excluding hydrogens is 338 g/mol. The minimum atomic E-state index is -0.0230. The van der Waals surface area contributed by atoms with Crippen molar-refractivity contribution < 1.29 is 4.79 Å². The molecule has 1 unspecified atom stereocenters. The van der Waals surface area contributed by atoms with Gasteiger partial charge in [0.2, 0.25) is 0 Å². The average molecular weight is 354 g/mol. The lowest BCUT2D eigenvalue weighted by molar-refractivity contribution is 0.0762. The fourth-order valence-corrected chi connectivity index (χ4v) is 4.77. The van der Waals surface area contributed by atoms with Crippen LogP contribution in [-0.4, -0.2) is 23.1 Å². The molecule has 0 saturated carbocycles. The number of nitrogens with zero attached hydrogens (tertiary/aromatic N) is 1. The van der Waals surface area contributed by atoms with E-state index < -0.39 is 0 Å². The van der Waals surface area contributed by atoms with Crippen molar-refractivity contribution in [3.63, 3.8) is 0 Å². The summed E-state index contributed by atoms with van der Waals surface area (Å²) in [7, 11) is 0. The number of carbonyl (C=O) groups excluding carboxylic acids is 1. The summed E-state index contributed by atoms with van der Waals surface area (Å²) in [5.74, 6) is 0.994. The first-order chi connectivity index (χ1) is 11.8. The van der Waals surface area contributed by atoms with Gasteiger partial charge >= 0.3 is 0 Å². The van der Waals surface area contributed by atoms with Crippen molar-refractivity contribution in [2.45, 2.75) is 5.37 Å². The van der Waals surface area contributed by atoms with Gasteiger partial charge < -0.3 is 4.90 Å². The lowest BCUT2D eigenvalue weighted by Gasteiger charge is -2.25. The molecule has 0 radical (unpaired) electrons. The summed E-state index contributed by atoms with van der Waals surface area (Å²) in [6.45, 7) is 0.739. The molecule has 0 spiro atoms. The van der Waals surface area contributed by atoms with Crippen LogP contribution < -0.4 is 0 Å². The summed E-state index contributed by atoms with van der Waals surface area (Å²) < 4.78 is 0. The van der Waals surface area contributed by atoms with Gasteiger partial charge in [0.05, 0.1) is 0 Å². The van der Waals surface area contributed by atoms with Gasteiger partial charge in [-0.05, 0) is 22.9 Å². The van der Waals surface area contributed by atoms with E-state index in [1.165, 1.54) is 0 Å². The molecule has 4 rings (SSSR count). The van der Waals surface area contributed by atoms with E-state index in [9.17, 15) is 4.79 Å². The van der Waals surface area contributed by atoms with E-state index in [4.69, 9.17) is 11.6 Å². The SMILES string of the molecule is O=C(c1cccc2ccccc12)N1CCSC1c1ccccc1Cl. The number of fused-ring (bicyclic) bond motifs is 1. The molecule has 0 aromatic heterocycles. The van der Waals surface area contributed by atoms with E-state index in [1.807, 2.05) is 71.6 Å². The van der Waals surface area contributed by atoms with Crippen LogP contribution >= 0.6 is 23.4 Å².